The molecule has 8 nitrogen and oxygen atoms in total. The summed E-state index contributed by atoms with van der Waals surface area (Å²) in [5.41, 5.74) is 2.54. The zero-order valence-corrected chi connectivity index (χ0v) is 27.9. The molecule has 2 aliphatic heterocycles. The van der Waals surface area contributed by atoms with Crippen LogP contribution < -0.4 is 20.8 Å². The largest absolute Gasteiger partial charge is 0.498 e. The zero-order valence-electron chi connectivity index (χ0n) is 27.9. The highest BCUT2D eigenvalue weighted by atomic mass is 19.1. The Morgan fingerprint density at radius 1 is 1.07 bits per heavy atom. The number of ether oxygens (including phenoxy) is 2. The van der Waals surface area contributed by atoms with Gasteiger partial charge in [0.25, 0.3) is 5.91 Å². The first-order valence-electron chi connectivity index (χ1n) is 15.4. The van der Waals surface area contributed by atoms with Crippen LogP contribution in [0.25, 0.3) is 0 Å². The third kappa shape index (κ3) is 9.17. The van der Waals surface area contributed by atoms with Gasteiger partial charge in [-0.15, -0.1) is 0 Å². The normalized spacial score (nSPS) is 16.6. The molecule has 1 saturated heterocycles. The van der Waals surface area contributed by atoms with E-state index in [1.807, 2.05) is 27.7 Å². The molecular weight excluding hydrogens is 569 g/mol. The van der Waals surface area contributed by atoms with E-state index in [2.05, 4.69) is 62.1 Å². The van der Waals surface area contributed by atoms with E-state index < -0.39 is 35.6 Å². The molecule has 44 heavy (non-hydrogen) atoms. The highest BCUT2D eigenvalue weighted by Gasteiger charge is 2.52. The van der Waals surface area contributed by atoms with E-state index in [0.717, 1.165) is 62.7 Å². The Hall–Kier alpha value is -3.18. The maximum atomic E-state index is 13.9. The van der Waals surface area contributed by atoms with Gasteiger partial charge in [-0.1, -0.05) is 39.3 Å². The number of anilines is 1. The molecule has 4 rings (SSSR count). The molecule has 2 aliphatic rings. The van der Waals surface area contributed by atoms with Crippen molar-refractivity contribution in [3.63, 3.8) is 0 Å². The average molecular weight is 619 g/mol. The number of rotatable bonds is 8. The van der Waals surface area contributed by atoms with Gasteiger partial charge in [-0.05, 0) is 84.1 Å². The summed E-state index contributed by atoms with van der Waals surface area (Å²) < 4.78 is 50.5. The maximum Gasteiger partial charge on any atom is 0.498 e. The quantitative estimate of drug-likeness (QED) is 0.272. The minimum Gasteiger partial charge on any atom is -0.494 e. The van der Waals surface area contributed by atoms with Crippen molar-refractivity contribution in [1.29, 1.82) is 0 Å². The van der Waals surface area contributed by atoms with Gasteiger partial charge in [0.05, 0.1) is 24.9 Å². The molecule has 0 unspecified atom stereocenters. The van der Waals surface area contributed by atoms with Gasteiger partial charge in [-0.25, -0.2) is 8.78 Å². The Bertz CT molecular complexity index is 1250. The molecule has 11 heteroatoms. The van der Waals surface area contributed by atoms with E-state index in [1.54, 1.807) is 0 Å². The number of esters is 1. The number of carbonyl (C=O) groups is 2. The summed E-state index contributed by atoms with van der Waals surface area (Å²) in [4.78, 5) is 22.6. The summed E-state index contributed by atoms with van der Waals surface area (Å²) in [6, 6.07) is 6.41. The summed E-state index contributed by atoms with van der Waals surface area (Å²) in [7, 11) is 0.806. The van der Waals surface area contributed by atoms with Gasteiger partial charge in [-0.2, -0.15) is 0 Å². The second-order valence-electron chi connectivity index (χ2n) is 11.7. The van der Waals surface area contributed by atoms with Crippen LogP contribution in [0.1, 0.15) is 96.1 Å². The average Bonchev–Trinajstić information content (AvgIpc) is 3.19. The second-order valence-corrected chi connectivity index (χ2v) is 11.7. The van der Waals surface area contributed by atoms with E-state index >= 15 is 0 Å². The summed E-state index contributed by atoms with van der Waals surface area (Å²) in [5, 5.41) is 5.06. The molecule has 1 amide bonds. The van der Waals surface area contributed by atoms with Gasteiger partial charge in [0, 0.05) is 17.2 Å². The Labute approximate surface area is 261 Å². The van der Waals surface area contributed by atoms with Crippen molar-refractivity contribution in [2.75, 3.05) is 25.6 Å². The fourth-order valence-corrected chi connectivity index (χ4v) is 4.78. The standard InChI is InChI=1S/C16H23BO3.C15H20F2N2O3.C2H6/c1-11-8-9-13(14-12(11)7-6-10-18-14)17-19-15(2,3)16(4,5)20-17;1-4-5-9(2)19-10-6-11(16)14(12(17)7-10)15(21)18-8-13(20)22-3;1-2/h8-9H,6-7,10H2,1-5H3;6-7,9,19H,4-5,8H2,1-3H3,(H,18,21);1-2H3/t;9-;/m.1./s1. The van der Waals surface area contributed by atoms with Crippen molar-refractivity contribution >= 4 is 30.1 Å². The van der Waals surface area contributed by atoms with Gasteiger partial charge >= 0.3 is 13.1 Å². The summed E-state index contributed by atoms with van der Waals surface area (Å²) in [6.45, 7) is 18.7. The SMILES string of the molecule is CC.CCC[C@@H](C)Nc1cc(F)c(C(=O)NCC(=O)OC)c(F)c1.Cc1ccc(B2OC(C)(C)C(C)(C)O2)c2c1CCCO2. The molecule has 0 saturated carbocycles. The number of nitrogens with one attached hydrogen (secondary N) is 2. The van der Waals surface area contributed by atoms with Crippen molar-refractivity contribution < 1.29 is 37.2 Å². The lowest BCUT2D eigenvalue weighted by atomic mass is 9.76. The Morgan fingerprint density at radius 3 is 2.20 bits per heavy atom. The number of fused-ring (bicyclic) bond motifs is 1. The van der Waals surface area contributed by atoms with E-state index in [0.29, 0.717) is 0 Å². The lowest BCUT2D eigenvalue weighted by molar-refractivity contribution is -0.139. The second kappa shape index (κ2) is 16.2. The molecule has 2 aromatic carbocycles. The fraction of sp³-hybridized carbons (Fsp3) is 0.576. The van der Waals surface area contributed by atoms with Crippen LogP contribution in [-0.4, -0.2) is 56.5 Å². The van der Waals surface area contributed by atoms with Crippen LogP contribution in [0.3, 0.4) is 0 Å². The lowest BCUT2D eigenvalue weighted by Crippen LogP contribution is -2.41. The number of methoxy groups -OCH3 is 1. The van der Waals surface area contributed by atoms with Crippen molar-refractivity contribution in [3.05, 3.63) is 52.6 Å². The van der Waals surface area contributed by atoms with Gasteiger partial charge in [-0.3, -0.25) is 9.59 Å². The third-order valence-electron chi connectivity index (χ3n) is 7.87. The van der Waals surface area contributed by atoms with Gasteiger partial charge in [0.2, 0.25) is 0 Å². The molecule has 0 radical (unpaired) electrons. The van der Waals surface area contributed by atoms with Gasteiger partial charge in [0.1, 0.15) is 29.5 Å². The molecule has 244 valence electrons. The number of carbonyl (C=O) groups excluding carboxylic acids is 2. The van der Waals surface area contributed by atoms with Crippen LogP contribution >= 0.6 is 0 Å². The highest BCUT2D eigenvalue weighted by molar-refractivity contribution is 6.63. The van der Waals surface area contributed by atoms with Crippen molar-refractivity contribution in [2.45, 2.75) is 105 Å². The topological polar surface area (TPSA) is 95.1 Å². The zero-order chi connectivity index (χ0) is 33.2. The predicted molar refractivity (Wildman–Crippen MR) is 171 cm³/mol. The number of hydrogen-bond donors (Lipinski definition) is 2. The predicted octanol–water partition coefficient (Wildman–Crippen LogP) is 6.11. The van der Waals surface area contributed by atoms with Gasteiger partial charge < -0.3 is 29.4 Å². The van der Waals surface area contributed by atoms with Crippen LogP contribution in [-0.2, 0) is 25.3 Å². The number of halogens is 2. The monoisotopic (exact) mass is 618 g/mol. The molecule has 2 N–H and O–H groups in total. The van der Waals surface area contributed by atoms with E-state index in [9.17, 15) is 18.4 Å². The maximum absolute atomic E-state index is 13.9. The van der Waals surface area contributed by atoms with E-state index in [-0.39, 0.29) is 30.0 Å². The van der Waals surface area contributed by atoms with E-state index in [4.69, 9.17) is 14.0 Å². The molecule has 0 spiro atoms. The lowest BCUT2D eigenvalue weighted by Gasteiger charge is -2.32. The molecule has 1 atom stereocenters. The third-order valence-corrected chi connectivity index (χ3v) is 7.87. The number of hydrogen-bond acceptors (Lipinski definition) is 7. The molecule has 2 aromatic rings. The van der Waals surface area contributed by atoms with Gasteiger partial charge in [0.15, 0.2) is 0 Å². The summed E-state index contributed by atoms with van der Waals surface area (Å²) >= 11 is 0. The number of amides is 1. The minimum atomic E-state index is -1.01. The van der Waals surface area contributed by atoms with Crippen molar-refractivity contribution in [3.8, 4) is 5.75 Å². The minimum absolute atomic E-state index is 0.0581. The fourth-order valence-electron chi connectivity index (χ4n) is 4.78. The Morgan fingerprint density at radius 2 is 1.66 bits per heavy atom. The van der Waals surface area contributed by atoms with E-state index in [1.165, 1.54) is 11.1 Å². The van der Waals surface area contributed by atoms with Crippen molar-refractivity contribution in [1.82, 2.24) is 5.32 Å². The molecule has 0 aromatic heterocycles. The Kier molecular flexibility index (Phi) is 13.6. The first kappa shape index (κ1) is 37.0. The number of benzene rings is 2. The van der Waals surface area contributed by atoms with Crippen LogP contribution in [0.2, 0.25) is 0 Å². The van der Waals surface area contributed by atoms with Crippen LogP contribution in [0.15, 0.2) is 24.3 Å². The smallest absolute Gasteiger partial charge is 0.494 e. The molecule has 0 aliphatic carbocycles. The first-order valence-corrected chi connectivity index (χ1v) is 15.4. The molecule has 1 fully saturated rings. The van der Waals surface area contributed by atoms with Crippen LogP contribution in [0, 0.1) is 18.6 Å². The van der Waals surface area contributed by atoms with Crippen LogP contribution in [0.4, 0.5) is 14.5 Å². The Balaban J connectivity index is 0.000000291. The van der Waals surface area contributed by atoms with Crippen LogP contribution in [0.5, 0.6) is 5.75 Å². The van der Waals surface area contributed by atoms with Crippen molar-refractivity contribution in [2.24, 2.45) is 0 Å². The first-order chi connectivity index (χ1) is 20.7. The molecule has 0 bridgehead atoms. The summed E-state index contributed by atoms with van der Waals surface area (Å²) in [5.74, 6) is -2.72. The highest BCUT2D eigenvalue weighted by Crippen LogP contribution is 2.38. The molecular formula is C33H49BF2N2O6. The number of aryl methyl sites for hydroxylation is 1. The summed E-state index contributed by atoms with van der Waals surface area (Å²) in [6.07, 6.45) is 3.95. The molecule has 2 heterocycles.